The Kier molecular flexibility index (Phi) is 4.55. The molecule has 0 atom stereocenters. The number of carboxylic acids is 1. The molecule has 94 valence electrons. The standard InChI is InChI=1S/C9H12N2O5S/c12-5-1-4-11-17(15,16)8-3-2-7(6-10-8)9(13)14/h2-3,6,11-12H,1,4-5H2,(H,13,14). The van der Waals surface area contributed by atoms with Crippen LogP contribution in [0.25, 0.3) is 0 Å². The molecule has 0 spiro atoms. The number of sulfonamides is 1. The molecule has 0 unspecified atom stereocenters. The van der Waals surface area contributed by atoms with E-state index in [1.165, 1.54) is 0 Å². The summed E-state index contributed by atoms with van der Waals surface area (Å²) in [6.45, 7) is -0.0188. The van der Waals surface area contributed by atoms with Crippen molar-refractivity contribution in [2.24, 2.45) is 0 Å². The van der Waals surface area contributed by atoms with Crippen molar-refractivity contribution in [3.63, 3.8) is 0 Å². The Hall–Kier alpha value is -1.51. The highest BCUT2D eigenvalue weighted by atomic mass is 32.2. The molecule has 1 heterocycles. The molecule has 1 aromatic heterocycles. The van der Waals surface area contributed by atoms with Gasteiger partial charge in [0.25, 0.3) is 10.0 Å². The number of pyridine rings is 1. The molecule has 1 aromatic rings. The van der Waals surface area contributed by atoms with Gasteiger partial charge in [-0.05, 0) is 18.6 Å². The Labute approximate surface area is 98.2 Å². The quantitative estimate of drug-likeness (QED) is 0.590. The molecule has 1 rings (SSSR count). The van der Waals surface area contributed by atoms with Crippen LogP contribution in [0.5, 0.6) is 0 Å². The zero-order valence-corrected chi connectivity index (χ0v) is 9.64. The number of aromatic carboxylic acids is 1. The van der Waals surface area contributed by atoms with Crippen molar-refractivity contribution in [2.75, 3.05) is 13.2 Å². The van der Waals surface area contributed by atoms with Crippen LogP contribution in [0.4, 0.5) is 0 Å². The maximum atomic E-state index is 11.6. The molecule has 0 aromatic carbocycles. The topological polar surface area (TPSA) is 117 Å². The van der Waals surface area contributed by atoms with Crippen LogP contribution in [-0.4, -0.2) is 42.7 Å². The summed E-state index contributed by atoms with van der Waals surface area (Å²) < 4.78 is 25.4. The van der Waals surface area contributed by atoms with E-state index in [1.54, 1.807) is 0 Å². The van der Waals surface area contributed by atoms with Crippen molar-refractivity contribution in [2.45, 2.75) is 11.4 Å². The molecule has 0 aliphatic heterocycles. The van der Waals surface area contributed by atoms with Crippen LogP contribution < -0.4 is 4.72 Å². The molecule has 0 saturated carbocycles. The van der Waals surface area contributed by atoms with Crippen molar-refractivity contribution < 1.29 is 23.4 Å². The number of rotatable bonds is 6. The molecule has 8 heteroatoms. The third kappa shape index (κ3) is 3.77. The fourth-order valence-corrected chi connectivity index (χ4v) is 2.02. The van der Waals surface area contributed by atoms with Crippen molar-refractivity contribution in [1.82, 2.24) is 9.71 Å². The molecule has 0 radical (unpaired) electrons. The highest BCUT2D eigenvalue weighted by Gasteiger charge is 2.15. The second-order valence-corrected chi connectivity index (χ2v) is 4.88. The number of nitrogens with zero attached hydrogens (tertiary/aromatic N) is 1. The molecule has 0 aliphatic carbocycles. The maximum absolute atomic E-state index is 11.6. The minimum Gasteiger partial charge on any atom is -0.478 e. The Morgan fingerprint density at radius 1 is 1.41 bits per heavy atom. The van der Waals surface area contributed by atoms with Crippen LogP contribution >= 0.6 is 0 Å². The average molecular weight is 260 g/mol. The van der Waals surface area contributed by atoms with E-state index in [-0.39, 0.29) is 23.7 Å². The van der Waals surface area contributed by atoms with Crippen molar-refractivity contribution >= 4 is 16.0 Å². The van der Waals surface area contributed by atoms with Crippen molar-refractivity contribution in [3.8, 4) is 0 Å². The van der Waals surface area contributed by atoms with Gasteiger partial charge in [0.1, 0.15) is 0 Å². The lowest BCUT2D eigenvalue weighted by molar-refractivity contribution is 0.0696. The third-order valence-corrected chi connectivity index (χ3v) is 3.26. The first kappa shape index (κ1) is 13.6. The smallest absolute Gasteiger partial charge is 0.337 e. The van der Waals surface area contributed by atoms with Gasteiger partial charge in [-0.3, -0.25) is 0 Å². The van der Waals surface area contributed by atoms with Crippen molar-refractivity contribution in [3.05, 3.63) is 23.9 Å². The zero-order valence-electron chi connectivity index (χ0n) is 8.83. The molecule has 3 N–H and O–H groups in total. The average Bonchev–Trinajstić information content (AvgIpc) is 2.29. The van der Waals surface area contributed by atoms with Crippen LogP contribution in [0.15, 0.2) is 23.4 Å². The summed E-state index contributed by atoms with van der Waals surface area (Å²) in [5, 5.41) is 16.9. The Morgan fingerprint density at radius 3 is 2.59 bits per heavy atom. The number of hydrogen-bond donors (Lipinski definition) is 3. The number of aromatic nitrogens is 1. The predicted octanol–water partition coefficient (Wildman–Crippen LogP) is -0.560. The van der Waals surface area contributed by atoms with E-state index in [9.17, 15) is 13.2 Å². The van der Waals surface area contributed by atoms with E-state index in [0.717, 1.165) is 18.3 Å². The monoisotopic (exact) mass is 260 g/mol. The number of aliphatic hydroxyl groups excluding tert-OH is 1. The first-order valence-electron chi connectivity index (χ1n) is 4.77. The minimum atomic E-state index is -3.74. The van der Waals surface area contributed by atoms with E-state index in [1.807, 2.05) is 0 Å². The van der Waals surface area contributed by atoms with Gasteiger partial charge in [-0.25, -0.2) is 22.9 Å². The number of aliphatic hydroxyl groups is 1. The number of nitrogens with one attached hydrogen (secondary N) is 1. The van der Waals surface area contributed by atoms with Gasteiger partial charge in [0, 0.05) is 19.3 Å². The summed E-state index contributed by atoms with van der Waals surface area (Å²) in [6, 6.07) is 2.28. The summed E-state index contributed by atoms with van der Waals surface area (Å²) in [7, 11) is -3.74. The van der Waals surface area contributed by atoms with E-state index in [0.29, 0.717) is 6.42 Å². The first-order chi connectivity index (χ1) is 7.97. The molecule has 0 fully saturated rings. The van der Waals surface area contributed by atoms with Crippen LogP contribution in [0.3, 0.4) is 0 Å². The van der Waals surface area contributed by atoms with Gasteiger partial charge in [0.15, 0.2) is 5.03 Å². The Balaban J connectivity index is 2.81. The summed E-state index contributed by atoms with van der Waals surface area (Å²) in [6.07, 6.45) is 1.27. The summed E-state index contributed by atoms with van der Waals surface area (Å²) in [5.41, 5.74) is -0.0840. The summed E-state index contributed by atoms with van der Waals surface area (Å²) in [5.74, 6) is -1.17. The summed E-state index contributed by atoms with van der Waals surface area (Å²) in [4.78, 5) is 14.1. The van der Waals surface area contributed by atoms with Gasteiger partial charge in [0.05, 0.1) is 5.56 Å². The van der Waals surface area contributed by atoms with Gasteiger partial charge in [0.2, 0.25) is 0 Å². The highest BCUT2D eigenvalue weighted by Crippen LogP contribution is 2.06. The minimum absolute atomic E-state index is 0.0840. The molecule has 7 nitrogen and oxygen atoms in total. The lowest BCUT2D eigenvalue weighted by Crippen LogP contribution is -2.26. The normalized spacial score (nSPS) is 11.4. The van der Waals surface area contributed by atoms with Gasteiger partial charge in [-0.1, -0.05) is 0 Å². The third-order valence-electron chi connectivity index (χ3n) is 1.89. The molecule has 0 amide bonds. The van der Waals surface area contributed by atoms with Gasteiger partial charge in [-0.15, -0.1) is 0 Å². The number of hydrogen-bond acceptors (Lipinski definition) is 5. The molecular weight excluding hydrogens is 248 g/mol. The predicted molar refractivity (Wildman–Crippen MR) is 58.1 cm³/mol. The molecule has 0 saturated heterocycles. The summed E-state index contributed by atoms with van der Waals surface area (Å²) >= 11 is 0. The molecule has 0 bridgehead atoms. The van der Waals surface area contributed by atoms with E-state index in [2.05, 4.69) is 9.71 Å². The number of carboxylic acid groups (broad SMARTS) is 1. The van der Waals surface area contributed by atoms with E-state index in [4.69, 9.17) is 10.2 Å². The van der Waals surface area contributed by atoms with Crippen LogP contribution in [0.2, 0.25) is 0 Å². The van der Waals surface area contributed by atoms with Crippen LogP contribution in [0, 0.1) is 0 Å². The second-order valence-electron chi connectivity index (χ2n) is 3.17. The molecule has 17 heavy (non-hydrogen) atoms. The molecular formula is C9H12N2O5S. The van der Waals surface area contributed by atoms with Gasteiger partial charge >= 0.3 is 5.97 Å². The first-order valence-corrected chi connectivity index (χ1v) is 6.25. The van der Waals surface area contributed by atoms with E-state index >= 15 is 0 Å². The lowest BCUT2D eigenvalue weighted by atomic mass is 10.3. The fraction of sp³-hybridized carbons (Fsp3) is 0.333. The Bertz CT molecular complexity index is 483. The van der Waals surface area contributed by atoms with Crippen molar-refractivity contribution in [1.29, 1.82) is 0 Å². The fourth-order valence-electron chi connectivity index (χ4n) is 1.03. The van der Waals surface area contributed by atoms with Gasteiger partial charge < -0.3 is 10.2 Å². The van der Waals surface area contributed by atoms with Crippen LogP contribution in [0.1, 0.15) is 16.8 Å². The van der Waals surface area contributed by atoms with E-state index < -0.39 is 16.0 Å². The lowest BCUT2D eigenvalue weighted by Gasteiger charge is -2.04. The molecule has 0 aliphatic rings. The number of carbonyl (C=O) groups is 1. The second kappa shape index (κ2) is 5.71. The Morgan fingerprint density at radius 2 is 2.12 bits per heavy atom. The maximum Gasteiger partial charge on any atom is 0.337 e. The van der Waals surface area contributed by atoms with Crippen LogP contribution in [-0.2, 0) is 10.0 Å². The largest absolute Gasteiger partial charge is 0.478 e. The zero-order chi connectivity index (χ0) is 12.9. The van der Waals surface area contributed by atoms with Gasteiger partial charge in [-0.2, -0.15) is 0 Å². The SMILES string of the molecule is O=C(O)c1ccc(S(=O)(=O)NCCCO)nc1. The highest BCUT2D eigenvalue weighted by molar-refractivity contribution is 7.89.